The fraction of sp³-hybridized carbons (Fsp3) is 0.200. The summed E-state index contributed by atoms with van der Waals surface area (Å²) in [5.74, 6) is 0.628. The molecule has 52 valence electrons. The molecule has 0 spiro atoms. The van der Waals surface area contributed by atoms with E-state index in [1.54, 1.807) is 0 Å². The topological polar surface area (TPSA) is 87.3 Å². The van der Waals surface area contributed by atoms with Gasteiger partial charge in [0.15, 0.2) is 0 Å². The van der Waals surface area contributed by atoms with Gasteiger partial charge in [-0.25, -0.2) is 0 Å². The van der Waals surface area contributed by atoms with E-state index >= 15 is 0 Å². The third kappa shape index (κ3) is 3.28. The van der Waals surface area contributed by atoms with Crippen molar-refractivity contribution in [3.63, 3.8) is 0 Å². The lowest BCUT2D eigenvalue weighted by Gasteiger charge is -1.97. The zero-order valence-corrected chi connectivity index (χ0v) is 5.29. The second kappa shape index (κ2) is 3.65. The first-order valence-electron chi connectivity index (χ1n) is 2.39. The monoisotopic (exact) mass is 129 g/mol. The van der Waals surface area contributed by atoms with Crippen LogP contribution in [0.1, 0.15) is 0 Å². The first kappa shape index (κ1) is 7.68. The van der Waals surface area contributed by atoms with E-state index in [1.165, 1.54) is 19.4 Å². The van der Waals surface area contributed by atoms with Gasteiger partial charge in [-0.3, -0.25) is 0 Å². The number of ether oxygens (including phenoxy) is 1. The van der Waals surface area contributed by atoms with Crippen LogP contribution in [0.2, 0.25) is 0 Å². The maximum atomic E-state index is 5.11. The lowest BCUT2D eigenvalue weighted by atomic mass is 10.5. The van der Waals surface area contributed by atoms with Crippen molar-refractivity contribution in [1.29, 1.82) is 0 Å². The molecule has 0 saturated heterocycles. The Labute approximate surface area is 54.0 Å². The predicted molar refractivity (Wildman–Crippen MR) is 35.7 cm³/mol. The maximum absolute atomic E-state index is 5.11. The zero-order valence-electron chi connectivity index (χ0n) is 5.29. The second-order valence-electron chi connectivity index (χ2n) is 1.42. The minimum Gasteiger partial charge on any atom is -0.495 e. The number of hydrogen-bond acceptors (Lipinski definition) is 4. The Bertz CT molecular complexity index is 135. The summed E-state index contributed by atoms with van der Waals surface area (Å²) in [5, 5.41) is 0. The molecule has 4 heteroatoms. The van der Waals surface area contributed by atoms with Gasteiger partial charge in [0.2, 0.25) is 0 Å². The number of rotatable bonds is 2. The summed E-state index contributed by atoms with van der Waals surface area (Å²) in [6.07, 6.45) is 2.71. The van der Waals surface area contributed by atoms with Gasteiger partial charge in [-0.1, -0.05) is 0 Å². The largest absolute Gasteiger partial charge is 0.495 e. The second-order valence-corrected chi connectivity index (χ2v) is 1.42. The molecule has 0 amide bonds. The van der Waals surface area contributed by atoms with Crippen molar-refractivity contribution in [3.05, 3.63) is 23.9 Å². The highest BCUT2D eigenvalue weighted by Crippen LogP contribution is 1.93. The molecule has 0 heterocycles. The fourth-order valence-corrected chi connectivity index (χ4v) is 0.339. The summed E-state index contributed by atoms with van der Waals surface area (Å²) in [5.41, 5.74) is 15.3. The van der Waals surface area contributed by atoms with Crippen LogP contribution in [0.4, 0.5) is 0 Å². The van der Waals surface area contributed by atoms with Crippen molar-refractivity contribution in [3.8, 4) is 0 Å². The molecule has 0 rings (SSSR count). The minimum absolute atomic E-state index is 0.175. The van der Waals surface area contributed by atoms with Gasteiger partial charge in [0.05, 0.1) is 12.9 Å². The zero-order chi connectivity index (χ0) is 7.28. The van der Waals surface area contributed by atoms with Crippen LogP contribution in [0.25, 0.3) is 0 Å². The Hall–Kier alpha value is -1.32. The van der Waals surface area contributed by atoms with Gasteiger partial charge in [-0.15, -0.1) is 0 Å². The molecular formula is C5H11N3O. The van der Waals surface area contributed by atoms with E-state index < -0.39 is 0 Å². The van der Waals surface area contributed by atoms with Crippen LogP contribution >= 0.6 is 0 Å². The highest BCUT2D eigenvalue weighted by Gasteiger charge is 1.86. The average molecular weight is 129 g/mol. The average Bonchev–Trinajstić information content (AvgIpc) is 1.82. The quantitative estimate of drug-likeness (QED) is 0.336. The van der Waals surface area contributed by atoms with Gasteiger partial charge in [0, 0.05) is 12.3 Å². The highest BCUT2D eigenvalue weighted by atomic mass is 16.5. The fourth-order valence-electron chi connectivity index (χ4n) is 0.339. The van der Waals surface area contributed by atoms with Gasteiger partial charge in [0.25, 0.3) is 0 Å². The van der Waals surface area contributed by atoms with Crippen molar-refractivity contribution in [2.75, 3.05) is 7.11 Å². The molecule has 0 saturated carbocycles. The summed E-state index contributed by atoms with van der Waals surface area (Å²) >= 11 is 0. The Morgan fingerprint density at radius 2 is 2.00 bits per heavy atom. The van der Waals surface area contributed by atoms with Crippen molar-refractivity contribution < 1.29 is 4.74 Å². The number of nitrogens with two attached hydrogens (primary N) is 3. The molecule has 0 aliphatic carbocycles. The van der Waals surface area contributed by atoms with E-state index in [-0.39, 0.29) is 5.82 Å². The molecule has 0 unspecified atom stereocenters. The summed E-state index contributed by atoms with van der Waals surface area (Å²) in [6, 6.07) is 0. The van der Waals surface area contributed by atoms with E-state index in [2.05, 4.69) is 0 Å². The van der Waals surface area contributed by atoms with Crippen molar-refractivity contribution in [2.24, 2.45) is 17.2 Å². The van der Waals surface area contributed by atoms with Crippen LogP contribution in [-0.2, 0) is 4.74 Å². The summed E-state index contributed by atoms with van der Waals surface area (Å²) in [6.45, 7) is 0. The molecule has 0 radical (unpaired) electrons. The van der Waals surface area contributed by atoms with Crippen molar-refractivity contribution in [2.45, 2.75) is 0 Å². The van der Waals surface area contributed by atoms with Crippen LogP contribution < -0.4 is 17.2 Å². The Balaban J connectivity index is 4.01. The molecule has 0 atom stereocenters. The van der Waals surface area contributed by atoms with Crippen LogP contribution in [0.5, 0.6) is 0 Å². The van der Waals surface area contributed by atoms with E-state index in [0.29, 0.717) is 5.76 Å². The normalized spacial score (nSPS) is 10.6. The Morgan fingerprint density at radius 1 is 1.44 bits per heavy atom. The van der Waals surface area contributed by atoms with Crippen LogP contribution in [0.3, 0.4) is 0 Å². The Kier molecular flexibility index (Phi) is 3.12. The number of allylic oxidation sites excluding steroid dienone is 1. The van der Waals surface area contributed by atoms with E-state index in [0.717, 1.165) is 0 Å². The molecule has 0 aliphatic rings. The molecular weight excluding hydrogens is 118 g/mol. The molecule has 4 nitrogen and oxygen atoms in total. The first-order valence-corrected chi connectivity index (χ1v) is 2.39. The predicted octanol–water partition coefficient (Wildman–Crippen LogP) is -0.808. The number of hydrogen-bond donors (Lipinski definition) is 3. The molecule has 9 heavy (non-hydrogen) atoms. The lowest BCUT2D eigenvalue weighted by Crippen LogP contribution is -2.08. The van der Waals surface area contributed by atoms with Crippen molar-refractivity contribution >= 4 is 0 Å². The summed E-state index contributed by atoms with van der Waals surface area (Å²) in [7, 11) is 1.48. The Morgan fingerprint density at radius 3 is 2.11 bits per heavy atom. The lowest BCUT2D eigenvalue weighted by molar-refractivity contribution is 0.305. The van der Waals surface area contributed by atoms with Crippen LogP contribution in [0.15, 0.2) is 23.9 Å². The van der Waals surface area contributed by atoms with Gasteiger partial charge in [-0.05, 0) is 0 Å². The summed E-state index contributed by atoms with van der Waals surface area (Å²) in [4.78, 5) is 0. The van der Waals surface area contributed by atoms with Crippen molar-refractivity contribution in [1.82, 2.24) is 0 Å². The molecule has 0 aromatic heterocycles. The molecule has 0 aromatic rings. The highest BCUT2D eigenvalue weighted by molar-refractivity contribution is 5.13. The van der Waals surface area contributed by atoms with E-state index in [4.69, 9.17) is 21.9 Å². The SMILES string of the molecule is CO/C(C=C(N)N)=C/N. The standard InChI is InChI=1S/C5H11N3O/c1-9-4(3-6)2-5(7)8/h2-3H,6-8H2,1H3/b4-3+. The molecule has 0 bridgehead atoms. The van der Waals surface area contributed by atoms with Gasteiger partial charge >= 0.3 is 0 Å². The van der Waals surface area contributed by atoms with E-state index in [1.807, 2.05) is 0 Å². The maximum Gasteiger partial charge on any atom is 0.137 e. The van der Waals surface area contributed by atoms with E-state index in [9.17, 15) is 0 Å². The molecule has 6 N–H and O–H groups in total. The van der Waals surface area contributed by atoms with Crippen LogP contribution in [-0.4, -0.2) is 7.11 Å². The van der Waals surface area contributed by atoms with Gasteiger partial charge < -0.3 is 21.9 Å². The van der Waals surface area contributed by atoms with Gasteiger partial charge in [-0.2, -0.15) is 0 Å². The van der Waals surface area contributed by atoms with Crippen LogP contribution in [0, 0.1) is 0 Å². The molecule has 0 aliphatic heterocycles. The summed E-state index contributed by atoms with van der Waals surface area (Å²) < 4.78 is 4.71. The minimum atomic E-state index is 0.175. The number of methoxy groups -OCH3 is 1. The first-order chi connectivity index (χ1) is 4.20. The third-order valence-corrected chi connectivity index (χ3v) is 0.709. The smallest absolute Gasteiger partial charge is 0.137 e. The van der Waals surface area contributed by atoms with Gasteiger partial charge in [0.1, 0.15) is 5.76 Å². The third-order valence-electron chi connectivity index (χ3n) is 0.709. The molecule has 0 aromatic carbocycles. The molecule has 0 fully saturated rings.